The molecule has 0 unspecified atom stereocenters. The average Bonchev–Trinajstić information content (AvgIpc) is 2.28. The normalized spacial score (nSPS) is 10.4. The van der Waals surface area contributed by atoms with Gasteiger partial charge in [-0.1, -0.05) is 0 Å². The Labute approximate surface area is 103 Å². The van der Waals surface area contributed by atoms with Gasteiger partial charge in [-0.2, -0.15) is 0 Å². The van der Waals surface area contributed by atoms with Crippen molar-refractivity contribution >= 4 is 18.2 Å². The summed E-state index contributed by atoms with van der Waals surface area (Å²) in [4.78, 5) is 14.8. The fourth-order valence-corrected chi connectivity index (χ4v) is 1.76. The summed E-state index contributed by atoms with van der Waals surface area (Å²) in [5.74, 6) is 0.395. The van der Waals surface area contributed by atoms with Gasteiger partial charge in [0.1, 0.15) is 5.75 Å². The molecule has 0 aliphatic heterocycles. The number of hydrogen-bond acceptors (Lipinski definition) is 5. The lowest BCUT2D eigenvalue weighted by Gasteiger charge is -2.11. The molecule has 0 saturated heterocycles. The number of aromatic amines is 1. The summed E-state index contributed by atoms with van der Waals surface area (Å²) in [5.41, 5.74) is 1.14. The van der Waals surface area contributed by atoms with E-state index in [-0.39, 0.29) is 11.2 Å². The Bertz CT molecular complexity index is 637. The third kappa shape index (κ3) is 2.32. The molecule has 0 bridgehead atoms. The Morgan fingerprint density at radius 2 is 1.94 bits per heavy atom. The van der Waals surface area contributed by atoms with Crippen LogP contribution in [0.4, 0.5) is 0 Å². The van der Waals surface area contributed by atoms with Gasteiger partial charge in [-0.15, -0.1) is 0 Å². The highest BCUT2D eigenvalue weighted by Crippen LogP contribution is 2.30. The number of ether oxygens (including phenoxy) is 1. The molecule has 6 nitrogen and oxygen atoms in total. The second-order valence-electron chi connectivity index (χ2n) is 3.81. The molecule has 94 valence electrons. The molecule has 2 rings (SSSR count). The molecule has 0 aliphatic rings. The van der Waals surface area contributed by atoms with E-state index in [1.54, 1.807) is 13.0 Å². The molecule has 0 aliphatic carbocycles. The van der Waals surface area contributed by atoms with Gasteiger partial charge in [0.15, 0.2) is 11.2 Å². The van der Waals surface area contributed by atoms with Crippen molar-refractivity contribution in [2.24, 2.45) is 0 Å². The number of H-pyrrole nitrogens is 1. The van der Waals surface area contributed by atoms with Crippen LogP contribution < -0.4 is 14.8 Å². The molecular weight excluding hydrogens is 237 g/mol. The van der Waals surface area contributed by atoms with E-state index in [2.05, 4.69) is 4.98 Å². The van der Waals surface area contributed by atoms with E-state index in [1.807, 2.05) is 0 Å². The van der Waals surface area contributed by atoms with Gasteiger partial charge in [-0.3, -0.25) is 4.79 Å². The molecule has 7 heteroatoms. The van der Waals surface area contributed by atoms with E-state index in [1.165, 1.54) is 19.2 Å². The number of methoxy groups -OCH3 is 1. The van der Waals surface area contributed by atoms with Crippen molar-refractivity contribution in [3.63, 3.8) is 0 Å². The van der Waals surface area contributed by atoms with Crippen LogP contribution in [0.25, 0.3) is 10.9 Å². The molecule has 18 heavy (non-hydrogen) atoms. The first-order valence-electron chi connectivity index (χ1n) is 5.25. The van der Waals surface area contributed by atoms with Crippen LogP contribution in [0.15, 0.2) is 23.0 Å². The largest absolute Gasteiger partial charge is 0.707 e. The van der Waals surface area contributed by atoms with Gasteiger partial charge in [0.2, 0.25) is 0 Å². The maximum atomic E-state index is 11.8. The van der Waals surface area contributed by atoms with Crippen LogP contribution in [0.1, 0.15) is 5.69 Å². The summed E-state index contributed by atoms with van der Waals surface area (Å²) in [6.45, 7) is 1.77. The first-order valence-corrected chi connectivity index (χ1v) is 5.25. The molecule has 1 aromatic carbocycles. The zero-order valence-corrected chi connectivity index (χ0v) is 9.93. The third-order valence-electron chi connectivity index (χ3n) is 2.48. The van der Waals surface area contributed by atoms with E-state index in [4.69, 9.17) is 19.4 Å². The van der Waals surface area contributed by atoms with E-state index in [0.717, 1.165) is 5.69 Å². The number of hydrogen-bond donors (Lipinski definition) is 3. The van der Waals surface area contributed by atoms with Gasteiger partial charge in [-0.25, -0.2) is 0 Å². The number of rotatable bonds is 3. The zero-order valence-electron chi connectivity index (χ0n) is 9.93. The molecule has 0 spiro atoms. The summed E-state index contributed by atoms with van der Waals surface area (Å²) in [5, 5.41) is 18.0. The van der Waals surface area contributed by atoms with Gasteiger partial charge < -0.3 is 24.4 Å². The van der Waals surface area contributed by atoms with E-state index in [9.17, 15) is 4.79 Å². The number of aromatic nitrogens is 1. The van der Waals surface area contributed by atoms with Crippen LogP contribution in [-0.4, -0.2) is 29.5 Å². The number of nitrogens with one attached hydrogen (secondary N) is 1. The highest BCUT2D eigenvalue weighted by atomic mass is 16.6. The van der Waals surface area contributed by atoms with Crippen LogP contribution in [-0.2, 0) is 0 Å². The maximum absolute atomic E-state index is 11.8. The van der Waals surface area contributed by atoms with Crippen LogP contribution in [0.5, 0.6) is 11.5 Å². The van der Waals surface area contributed by atoms with Gasteiger partial charge in [0.25, 0.3) is 0 Å². The maximum Gasteiger partial charge on any atom is 0.707 e. The van der Waals surface area contributed by atoms with Gasteiger partial charge in [0.05, 0.1) is 12.6 Å². The Morgan fingerprint density at radius 1 is 1.22 bits per heavy atom. The number of benzene rings is 1. The molecule has 3 N–H and O–H groups in total. The van der Waals surface area contributed by atoms with Crippen LogP contribution in [0.3, 0.4) is 0 Å². The SMILES string of the molecule is COc1cc2[nH]c(C)cc(=O)c2cc1OB(O)O. The predicted molar refractivity (Wildman–Crippen MR) is 66.7 cm³/mol. The third-order valence-corrected chi connectivity index (χ3v) is 2.48. The monoisotopic (exact) mass is 249 g/mol. The van der Waals surface area contributed by atoms with Crippen LogP contribution >= 0.6 is 0 Å². The van der Waals surface area contributed by atoms with Crippen molar-refractivity contribution in [1.82, 2.24) is 4.98 Å². The van der Waals surface area contributed by atoms with E-state index >= 15 is 0 Å². The molecule has 0 saturated carbocycles. The topological polar surface area (TPSA) is 91.8 Å². The molecule has 0 radical (unpaired) electrons. The Balaban J connectivity index is 2.69. The molecule has 0 amide bonds. The fourth-order valence-electron chi connectivity index (χ4n) is 1.76. The Kier molecular flexibility index (Phi) is 3.27. The molecule has 0 fully saturated rings. The Hall–Kier alpha value is -1.99. The van der Waals surface area contributed by atoms with Crippen LogP contribution in [0, 0.1) is 6.92 Å². The second-order valence-corrected chi connectivity index (χ2v) is 3.81. The summed E-state index contributed by atoms with van der Waals surface area (Å²) < 4.78 is 9.83. The van der Waals surface area contributed by atoms with Crippen molar-refractivity contribution in [2.45, 2.75) is 6.92 Å². The summed E-state index contributed by atoms with van der Waals surface area (Å²) in [7, 11) is -0.549. The quantitative estimate of drug-likeness (QED) is 0.675. The molecule has 2 aromatic rings. The molecule has 1 heterocycles. The van der Waals surface area contributed by atoms with Crippen molar-refractivity contribution in [3.8, 4) is 11.5 Å². The number of aryl methyl sites for hydroxylation is 1. The Morgan fingerprint density at radius 3 is 2.56 bits per heavy atom. The highest BCUT2D eigenvalue weighted by Gasteiger charge is 2.16. The minimum absolute atomic E-state index is 0.0920. The minimum Gasteiger partial charge on any atom is -0.509 e. The van der Waals surface area contributed by atoms with E-state index in [0.29, 0.717) is 16.7 Å². The van der Waals surface area contributed by atoms with Gasteiger partial charge in [-0.05, 0) is 13.0 Å². The summed E-state index contributed by atoms with van der Waals surface area (Å²) in [6, 6.07) is 4.43. The van der Waals surface area contributed by atoms with E-state index < -0.39 is 7.32 Å². The minimum atomic E-state index is -1.97. The number of pyridine rings is 1. The lowest BCUT2D eigenvalue weighted by molar-refractivity contribution is 0.280. The average molecular weight is 249 g/mol. The predicted octanol–water partition coefficient (Wildman–Crippen LogP) is 0.193. The number of fused-ring (bicyclic) bond motifs is 1. The second kappa shape index (κ2) is 4.71. The highest BCUT2D eigenvalue weighted by molar-refractivity contribution is 6.33. The standard InChI is InChI=1S/C11H12BNO5/c1-6-3-9(14)7-4-11(18-12(15)16)10(17-2)5-8(7)13-6/h3-5,15-16H,1-2H3,(H,13,14). The summed E-state index contributed by atoms with van der Waals surface area (Å²) in [6.07, 6.45) is 0. The lowest BCUT2D eigenvalue weighted by Crippen LogP contribution is -2.21. The fraction of sp³-hybridized carbons (Fsp3) is 0.182. The van der Waals surface area contributed by atoms with Crippen molar-refractivity contribution in [3.05, 3.63) is 34.1 Å². The molecule has 0 atom stereocenters. The first kappa shape index (κ1) is 12.5. The van der Waals surface area contributed by atoms with Crippen molar-refractivity contribution < 1.29 is 19.4 Å². The van der Waals surface area contributed by atoms with Crippen LogP contribution in [0.2, 0.25) is 0 Å². The lowest BCUT2D eigenvalue weighted by atomic mass is 10.1. The molecule has 1 aromatic heterocycles. The van der Waals surface area contributed by atoms with Crippen molar-refractivity contribution in [2.75, 3.05) is 7.11 Å². The van der Waals surface area contributed by atoms with Crippen molar-refractivity contribution in [1.29, 1.82) is 0 Å². The summed E-state index contributed by atoms with van der Waals surface area (Å²) >= 11 is 0. The smallest absolute Gasteiger partial charge is 0.509 e. The van der Waals surface area contributed by atoms with Gasteiger partial charge >= 0.3 is 7.32 Å². The van der Waals surface area contributed by atoms with Gasteiger partial charge in [0, 0.05) is 23.2 Å². The first-order chi connectivity index (χ1) is 8.51. The zero-order chi connectivity index (χ0) is 13.3. The molecular formula is C11H12BNO5.